The second-order valence-corrected chi connectivity index (χ2v) is 6.93. The van der Waals surface area contributed by atoms with Gasteiger partial charge in [0.25, 0.3) is 0 Å². The Morgan fingerprint density at radius 2 is 1.90 bits per heavy atom. The molecule has 1 aromatic carbocycles. The number of hydrogen-bond donors (Lipinski definition) is 2. The molecule has 2 rings (SSSR count). The molecule has 0 radical (unpaired) electrons. The minimum Gasteiger partial charge on any atom is -0.326 e. The summed E-state index contributed by atoms with van der Waals surface area (Å²) in [5.41, 5.74) is 0.629. The molecule has 1 amide bonds. The molecule has 110 valence electrons. The van der Waals surface area contributed by atoms with Crippen molar-refractivity contribution in [1.29, 1.82) is 0 Å². The summed E-state index contributed by atoms with van der Waals surface area (Å²) in [6.45, 7) is 3.74. The minimum absolute atomic E-state index is 0.0123. The molecule has 20 heavy (non-hydrogen) atoms. The van der Waals surface area contributed by atoms with Crippen LogP contribution in [0.3, 0.4) is 0 Å². The summed E-state index contributed by atoms with van der Waals surface area (Å²) in [5.74, 6) is 0.142. The first-order chi connectivity index (χ1) is 9.42. The predicted octanol–water partition coefficient (Wildman–Crippen LogP) is 2.11. The van der Waals surface area contributed by atoms with Crippen molar-refractivity contribution < 1.29 is 13.2 Å². The normalized spacial score (nSPS) is 16.7. The minimum atomic E-state index is -3.48. The molecule has 0 bridgehead atoms. The van der Waals surface area contributed by atoms with E-state index in [0.717, 1.165) is 19.3 Å². The largest absolute Gasteiger partial charge is 0.326 e. The van der Waals surface area contributed by atoms with Gasteiger partial charge in [0, 0.05) is 17.6 Å². The number of sulfonamides is 1. The summed E-state index contributed by atoms with van der Waals surface area (Å²) in [6, 6.07) is 6.14. The Morgan fingerprint density at radius 3 is 2.40 bits per heavy atom. The van der Waals surface area contributed by atoms with Crippen LogP contribution in [-0.4, -0.2) is 20.4 Å². The fraction of sp³-hybridized carbons (Fsp3) is 0.500. The van der Waals surface area contributed by atoms with E-state index in [2.05, 4.69) is 10.0 Å². The van der Waals surface area contributed by atoms with Crippen LogP contribution >= 0.6 is 0 Å². The van der Waals surface area contributed by atoms with Gasteiger partial charge in [0.15, 0.2) is 0 Å². The molecule has 1 aliphatic rings. The maximum absolute atomic E-state index is 12.1. The van der Waals surface area contributed by atoms with Crippen LogP contribution in [0, 0.1) is 5.92 Å². The van der Waals surface area contributed by atoms with E-state index >= 15 is 0 Å². The number of carbonyl (C=O) groups is 1. The highest BCUT2D eigenvalue weighted by atomic mass is 32.2. The molecule has 0 aliphatic heterocycles. The molecule has 1 saturated carbocycles. The average molecular weight is 296 g/mol. The smallest absolute Gasteiger partial charge is 0.240 e. The molecule has 6 heteroatoms. The van der Waals surface area contributed by atoms with E-state index in [0.29, 0.717) is 5.69 Å². The van der Waals surface area contributed by atoms with Gasteiger partial charge in [-0.3, -0.25) is 4.79 Å². The molecule has 0 heterocycles. The first-order valence-electron chi connectivity index (χ1n) is 6.85. The number of rotatable bonds is 6. The Hall–Kier alpha value is -1.40. The van der Waals surface area contributed by atoms with Gasteiger partial charge in [-0.25, -0.2) is 13.1 Å². The van der Waals surface area contributed by atoms with Crippen molar-refractivity contribution >= 4 is 21.6 Å². The monoisotopic (exact) mass is 296 g/mol. The predicted molar refractivity (Wildman–Crippen MR) is 77.9 cm³/mol. The third-order valence-corrected chi connectivity index (χ3v) is 4.95. The zero-order valence-corrected chi connectivity index (χ0v) is 12.5. The third kappa shape index (κ3) is 3.80. The van der Waals surface area contributed by atoms with Crippen LogP contribution in [0.4, 0.5) is 5.69 Å². The number of carbonyl (C=O) groups excluding carboxylic acids is 1. The maximum Gasteiger partial charge on any atom is 0.240 e. The molecule has 0 spiro atoms. The van der Waals surface area contributed by atoms with E-state index in [1.165, 1.54) is 12.1 Å². The number of benzene rings is 1. The lowest BCUT2D eigenvalue weighted by Crippen LogP contribution is -2.31. The molecule has 2 N–H and O–H groups in total. The lowest BCUT2D eigenvalue weighted by atomic mass is 10.3. The van der Waals surface area contributed by atoms with Crippen LogP contribution in [0.5, 0.6) is 0 Å². The highest BCUT2D eigenvalue weighted by Crippen LogP contribution is 2.30. The first kappa shape index (κ1) is 15.0. The summed E-state index contributed by atoms with van der Waals surface area (Å²) in [7, 11) is -3.48. The molecular formula is C14H20N2O3S. The quantitative estimate of drug-likeness (QED) is 0.844. The average Bonchev–Trinajstić information content (AvgIpc) is 3.23. The Kier molecular flexibility index (Phi) is 4.45. The molecule has 1 atom stereocenters. The van der Waals surface area contributed by atoms with Gasteiger partial charge in [0.1, 0.15) is 0 Å². The standard InChI is InChI=1S/C14H20N2O3S/c1-3-10(2)16-20(18,19)13-8-6-12(7-9-13)15-14(17)11-4-5-11/h6-11,16H,3-5H2,1-2H3,(H,15,17). The highest BCUT2D eigenvalue weighted by molar-refractivity contribution is 7.89. The van der Waals surface area contributed by atoms with E-state index in [4.69, 9.17) is 0 Å². The molecule has 1 fully saturated rings. The van der Waals surface area contributed by atoms with E-state index in [-0.39, 0.29) is 22.8 Å². The van der Waals surface area contributed by atoms with Gasteiger partial charge < -0.3 is 5.32 Å². The molecule has 0 saturated heterocycles. The maximum atomic E-state index is 12.1. The van der Waals surface area contributed by atoms with Crippen molar-refractivity contribution in [3.8, 4) is 0 Å². The van der Waals surface area contributed by atoms with Gasteiger partial charge >= 0.3 is 0 Å². The zero-order chi connectivity index (χ0) is 14.8. The van der Waals surface area contributed by atoms with Crippen LogP contribution in [0.1, 0.15) is 33.1 Å². The van der Waals surface area contributed by atoms with Crippen molar-refractivity contribution in [3.63, 3.8) is 0 Å². The SMILES string of the molecule is CCC(C)NS(=O)(=O)c1ccc(NC(=O)C2CC2)cc1. The van der Waals surface area contributed by atoms with E-state index in [1.807, 2.05) is 13.8 Å². The van der Waals surface area contributed by atoms with Crippen molar-refractivity contribution in [2.75, 3.05) is 5.32 Å². The van der Waals surface area contributed by atoms with Crippen LogP contribution in [0.25, 0.3) is 0 Å². The Balaban J connectivity index is 2.05. The topological polar surface area (TPSA) is 75.3 Å². The zero-order valence-electron chi connectivity index (χ0n) is 11.7. The van der Waals surface area contributed by atoms with E-state index in [9.17, 15) is 13.2 Å². The van der Waals surface area contributed by atoms with Crippen LogP contribution in [0.2, 0.25) is 0 Å². The van der Waals surface area contributed by atoms with Crippen molar-refractivity contribution in [1.82, 2.24) is 4.72 Å². The summed E-state index contributed by atoms with van der Waals surface area (Å²) in [4.78, 5) is 11.8. The fourth-order valence-corrected chi connectivity index (χ4v) is 3.05. The second kappa shape index (κ2) is 5.93. The first-order valence-corrected chi connectivity index (χ1v) is 8.34. The van der Waals surface area contributed by atoms with E-state index in [1.54, 1.807) is 12.1 Å². The van der Waals surface area contributed by atoms with Crippen molar-refractivity contribution in [3.05, 3.63) is 24.3 Å². The van der Waals surface area contributed by atoms with Gasteiger partial charge in [-0.05, 0) is 50.5 Å². The van der Waals surface area contributed by atoms with Crippen LogP contribution in [0.15, 0.2) is 29.2 Å². The van der Waals surface area contributed by atoms with E-state index < -0.39 is 10.0 Å². The molecular weight excluding hydrogens is 276 g/mol. The van der Waals surface area contributed by atoms with Gasteiger partial charge in [-0.15, -0.1) is 0 Å². The molecule has 1 aromatic rings. The number of hydrogen-bond acceptors (Lipinski definition) is 3. The molecule has 1 unspecified atom stereocenters. The highest BCUT2D eigenvalue weighted by Gasteiger charge is 2.29. The Morgan fingerprint density at radius 1 is 1.30 bits per heavy atom. The number of nitrogens with one attached hydrogen (secondary N) is 2. The van der Waals surface area contributed by atoms with Crippen molar-refractivity contribution in [2.24, 2.45) is 5.92 Å². The van der Waals surface area contributed by atoms with Gasteiger partial charge in [0.2, 0.25) is 15.9 Å². The number of anilines is 1. The Bertz CT molecular complexity index is 577. The van der Waals surface area contributed by atoms with Crippen molar-refractivity contribution in [2.45, 2.75) is 44.0 Å². The summed E-state index contributed by atoms with van der Waals surface area (Å²) < 4.78 is 26.7. The molecule has 0 aromatic heterocycles. The molecule has 1 aliphatic carbocycles. The number of amides is 1. The van der Waals surface area contributed by atoms with Crippen LogP contribution < -0.4 is 10.0 Å². The summed E-state index contributed by atoms with van der Waals surface area (Å²) in [5, 5.41) is 2.78. The lowest BCUT2D eigenvalue weighted by molar-refractivity contribution is -0.117. The second-order valence-electron chi connectivity index (χ2n) is 5.22. The molecule has 5 nitrogen and oxygen atoms in total. The summed E-state index contributed by atoms with van der Waals surface area (Å²) in [6.07, 6.45) is 2.61. The lowest BCUT2D eigenvalue weighted by Gasteiger charge is -2.12. The van der Waals surface area contributed by atoms with Gasteiger partial charge in [-0.2, -0.15) is 0 Å². The third-order valence-electron chi connectivity index (χ3n) is 3.35. The Labute approximate surface area is 119 Å². The fourth-order valence-electron chi connectivity index (χ4n) is 1.72. The van der Waals surface area contributed by atoms with Crippen LogP contribution in [-0.2, 0) is 14.8 Å². The summed E-state index contributed by atoms with van der Waals surface area (Å²) >= 11 is 0. The van der Waals surface area contributed by atoms with Gasteiger partial charge in [0.05, 0.1) is 4.90 Å². The van der Waals surface area contributed by atoms with Gasteiger partial charge in [-0.1, -0.05) is 6.92 Å².